The summed E-state index contributed by atoms with van der Waals surface area (Å²) in [6, 6.07) is 3.12. The number of H-pyrrole nitrogens is 1. The molecule has 0 aliphatic rings. The maximum Gasteiger partial charge on any atom is 0.308 e. The van der Waals surface area contributed by atoms with E-state index in [1.54, 1.807) is 25.3 Å². The van der Waals surface area contributed by atoms with Gasteiger partial charge in [0.05, 0.1) is 12.0 Å². The van der Waals surface area contributed by atoms with Crippen LogP contribution in [0.2, 0.25) is 0 Å². The second-order valence-electron chi connectivity index (χ2n) is 2.78. The second kappa shape index (κ2) is 3.40. The number of hydrogen-bond acceptors (Lipinski definition) is 2. The average molecular weight is 168 g/mol. The Morgan fingerprint density at radius 1 is 1.75 bits per heavy atom. The summed E-state index contributed by atoms with van der Waals surface area (Å²) in [6.45, 7) is 1.59. The number of rotatable bonds is 3. The summed E-state index contributed by atoms with van der Waals surface area (Å²) in [5.74, 6) is -1.44. The number of carboxylic acid groups (broad SMARTS) is 1. The molecule has 0 aliphatic carbocycles. The highest BCUT2D eigenvalue weighted by Gasteiger charge is 2.21. The number of nitrogens with two attached hydrogens (primary N) is 1. The van der Waals surface area contributed by atoms with Crippen molar-refractivity contribution in [2.75, 3.05) is 0 Å². The Morgan fingerprint density at radius 3 is 2.83 bits per heavy atom. The van der Waals surface area contributed by atoms with Crippen LogP contribution in [0.15, 0.2) is 18.3 Å². The Kier molecular flexibility index (Phi) is 2.50. The molecule has 0 aliphatic heterocycles. The second-order valence-corrected chi connectivity index (χ2v) is 2.78. The molecule has 0 radical (unpaired) electrons. The summed E-state index contributed by atoms with van der Waals surface area (Å²) in [4.78, 5) is 13.4. The van der Waals surface area contributed by atoms with Crippen LogP contribution in [-0.2, 0) is 4.79 Å². The Labute approximate surface area is 70.4 Å². The van der Waals surface area contributed by atoms with Crippen LogP contribution >= 0.6 is 0 Å². The Balaban J connectivity index is 2.71. The summed E-state index contributed by atoms with van der Waals surface area (Å²) in [5, 5.41) is 8.66. The Morgan fingerprint density at radius 2 is 2.42 bits per heavy atom. The minimum atomic E-state index is -0.878. The van der Waals surface area contributed by atoms with Gasteiger partial charge in [0.25, 0.3) is 0 Å². The molecular formula is C8H12N2O2. The summed E-state index contributed by atoms with van der Waals surface area (Å²) in [5.41, 5.74) is 6.43. The van der Waals surface area contributed by atoms with E-state index >= 15 is 0 Å². The van der Waals surface area contributed by atoms with Crippen LogP contribution < -0.4 is 5.73 Å². The van der Waals surface area contributed by atoms with Gasteiger partial charge in [0.15, 0.2) is 0 Å². The molecule has 1 heterocycles. The largest absolute Gasteiger partial charge is 0.481 e. The minimum absolute atomic E-state index is 0.461. The van der Waals surface area contributed by atoms with E-state index in [1.807, 2.05) is 0 Å². The lowest BCUT2D eigenvalue weighted by Crippen LogP contribution is -2.25. The first kappa shape index (κ1) is 8.80. The van der Waals surface area contributed by atoms with Crippen molar-refractivity contribution >= 4 is 5.97 Å². The predicted molar refractivity (Wildman–Crippen MR) is 44.5 cm³/mol. The molecular weight excluding hydrogens is 156 g/mol. The van der Waals surface area contributed by atoms with Crippen molar-refractivity contribution in [3.8, 4) is 0 Å². The summed E-state index contributed by atoms with van der Waals surface area (Å²) < 4.78 is 0. The smallest absolute Gasteiger partial charge is 0.308 e. The number of carboxylic acids is 1. The molecule has 1 aromatic heterocycles. The molecule has 0 aromatic carbocycles. The predicted octanol–water partition coefficient (Wildman–Crippen LogP) is 0.735. The maximum absolute atomic E-state index is 10.5. The van der Waals surface area contributed by atoms with E-state index < -0.39 is 17.9 Å². The van der Waals surface area contributed by atoms with Crippen molar-refractivity contribution in [2.24, 2.45) is 11.7 Å². The fourth-order valence-corrected chi connectivity index (χ4v) is 0.975. The fraction of sp³-hybridized carbons (Fsp3) is 0.375. The minimum Gasteiger partial charge on any atom is -0.481 e. The van der Waals surface area contributed by atoms with Crippen molar-refractivity contribution in [1.29, 1.82) is 0 Å². The zero-order chi connectivity index (χ0) is 9.14. The highest BCUT2D eigenvalue weighted by molar-refractivity contribution is 5.70. The van der Waals surface area contributed by atoms with Crippen LogP contribution in [0.5, 0.6) is 0 Å². The molecule has 66 valence electrons. The third kappa shape index (κ3) is 1.65. The van der Waals surface area contributed by atoms with Crippen LogP contribution in [0, 0.1) is 5.92 Å². The van der Waals surface area contributed by atoms with Gasteiger partial charge in [-0.25, -0.2) is 0 Å². The molecule has 0 bridgehead atoms. The third-order valence-electron chi connectivity index (χ3n) is 1.91. The molecule has 12 heavy (non-hydrogen) atoms. The van der Waals surface area contributed by atoms with Crippen molar-refractivity contribution in [1.82, 2.24) is 4.98 Å². The normalized spacial score (nSPS) is 15.5. The quantitative estimate of drug-likeness (QED) is 0.622. The lowest BCUT2D eigenvalue weighted by molar-refractivity contribution is -0.141. The van der Waals surface area contributed by atoms with E-state index in [-0.39, 0.29) is 0 Å². The van der Waals surface area contributed by atoms with E-state index in [1.165, 1.54) is 0 Å². The van der Waals surface area contributed by atoms with Gasteiger partial charge in [0, 0.05) is 11.9 Å². The molecule has 0 amide bonds. The zero-order valence-electron chi connectivity index (χ0n) is 6.82. The van der Waals surface area contributed by atoms with E-state index in [0.29, 0.717) is 0 Å². The van der Waals surface area contributed by atoms with Gasteiger partial charge < -0.3 is 15.8 Å². The van der Waals surface area contributed by atoms with Crippen molar-refractivity contribution in [3.05, 3.63) is 24.0 Å². The summed E-state index contributed by atoms with van der Waals surface area (Å²) >= 11 is 0. The summed E-state index contributed by atoms with van der Waals surface area (Å²) in [6.07, 6.45) is 1.73. The topological polar surface area (TPSA) is 79.1 Å². The van der Waals surface area contributed by atoms with Crippen molar-refractivity contribution < 1.29 is 9.90 Å². The number of carbonyl (C=O) groups is 1. The van der Waals surface area contributed by atoms with Gasteiger partial charge in [-0.2, -0.15) is 0 Å². The molecule has 1 rings (SSSR count). The zero-order valence-corrected chi connectivity index (χ0v) is 6.82. The molecule has 0 saturated carbocycles. The van der Waals surface area contributed by atoms with Crippen molar-refractivity contribution in [3.63, 3.8) is 0 Å². The van der Waals surface area contributed by atoms with E-state index in [9.17, 15) is 4.79 Å². The van der Waals surface area contributed by atoms with Crippen LogP contribution in [0.1, 0.15) is 18.7 Å². The highest BCUT2D eigenvalue weighted by Crippen LogP contribution is 2.16. The molecule has 4 heteroatoms. The maximum atomic E-state index is 10.5. The van der Waals surface area contributed by atoms with E-state index in [0.717, 1.165) is 5.69 Å². The number of aromatic amines is 1. The van der Waals surface area contributed by atoms with Crippen LogP contribution in [0.3, 0.4) is 0 Å². The van der Waals surface area contributed by atoms with Crippen molar-refractivity contribution in [2.45, 2.75) is 13.0 Å². The molecule has 2 unspecified atom stereocenters. The molecule has 1 aromatic rings. The third-order valence-corrected chi connectivity index (χ3v) is 1.91. The van der Waals surface area contributed by atoms with Crippen LogP contribution in [0.4, 0.5) is 0 Å². The number of hydrogen-bond donors (Lipinski definition) is 3. The molecule has 2 atom stereocenters. The number of aromatic nitrogens is 1. The standard InChI is InChI=1S/C8H12N2O2/c1-5(8(11)12)7(9)6-3-2-4-10-6/h2-5,7,10H,9H2,1H3,(H,11,12). The van der Waals surface area contributed by atoms with Gasteiger partial charge in [-0.05, 0) is 12.1 Å². The van der Waals surface area contributed by atoms with Gasteiger partial charge in [-0.3, -0.25) is 4.79 Å². The average Bonchev–Trinajstić information content (AvgIpc) is 2.53. The lowest BCUT2D eigenvalue weighted by atomic mass is 10.0. The van der Waals surface area contributed by atoms with Gasteiger partial charge >= 0.3 is 5.97 Å². The Bertz CT molecular complexity index is 256. The van der Waals surface area contributed by atoms with Gasteiger partial charge in [-0.15, -0.1) is 0 Å². The molecule has 0 saturated heterocycles. The van der Waals surface area contributed by atoms with E-state index in [2.05, 4.69) is 4.98 Å². The van der Waals surface area contributed by atoms with E-state index in [4.69, 9.17) is 10.8 Å². The first-order chi connectivity index (χ1) is 5.63. The lowest BCUT2D eigenvalue weighted by Gasteiger charge is -2.13. The fourth-order valence-electron chi connectivity index (χ4n) is 0.975. The monoisotopic (exact) mass is 168 g/mol. The number of nitrogens with one attached hydrogen (secondary N) is 1. The molecule has 4 N–H and O–H groups in total. The first-order valence-electron chi connectivity index (χ1n) is 3.74. The Hall–Kier alpha value is -1.29. The molecule has 0 fully saturated rings. The summed E-state index contributed by atoms with van der Waals surface area (Å²) in [7, 11) is 0. The molecule has 0 spiro atoms. The first-order valence-corrected chi connectivity index (χ1v) is 3.74. The highest BCUT2D eigenvalue weighted by atomic mass is 16.4. The van der Waals surface area contributed by atoms with Gasteiger partial charge in [0.2, 0.25) is 0 Å². The number of aliphatic carboxylic acids is 1. The van der Waals surface area contributed by atoms with Crippen LogP contribution in [-0.4, -0.2) is 16.1 Å². The van der Waals surface area contributed by atoms with Crippen LogP contribution in [0.25, 0.3) is 0 Å². The van der Waals surface area contributed by atoms with Gasteiger partial charge in [-0.1, -0.05) is 6.92 Å². The van der Waals surface area contributed by atoms with Gasteiger partial charge in [0.1, 0.15) is 0 Å². The SMILES string of the molecule is CC(C(=O)O)C(N)c1ccc[nH]1. The molecule has 4 nitrogen and oxygen atoms in total.